The Labute approximate surface area is 119 Å². The fraction of sp³-hybridized carbons (Fsp3) is 0.235. The summed E-state index contributed by atoms with van der Waals surface area (Å²) in [6.07, 6.45) is 0.941. The first-order valence-electron chi connectivity index (χ1n) is 6.71. The van der Waals surface area contributed by atoms with Crippen molar-refractivity contribution >= 4 is 5.91 Å². The van der Waals surface area contributed by atoms with E-state index >= 15 is 0 Å². The van der Waals surface area contributed by atoms with Crippen molar-refractivity contribution in [2.45, 2.75) is 26.9 Å². The van der Waals surface area contributed by atoms with Crippen LogP contribution in [0.4, 0.5) is 0 Å². The van der Waals surface area contributed by atoms with Crippen LogP contribution in [-0.4, -0.2) is 5.91 Å². The maximum Gasteiger partial charge on any atom is 0.248 e. The second-order valence-electron chi connectivity index (χ2n) is 4.81. The number of carbonyl (C=O) groups is 1. The predicted octanol–water partition coefficient (Wildman–Crippen LogP) is 3.24. The zero-order chi connectivity index (χ0) is 14.5. The van der Waals surface area contributed by atoms with Gasteiger partial charge < -0.3 is 10.5 Å². The van der Waals surface area contributed by atoms with E-state index in [1.54, 1.807) is 12.1 Å². The van der Waals surface area contributed by atoms with Crippen LogP contribution in [0.2, 0.25) is 0 Å². The summed E-state index contributed by atoms with van der Waals surface area (Å²) in [7, 11) is 0. The highest BCUT2D eigenvalue weighted by molar-refractivity contribution is 5.92. The van der Waals surface area contributed by atoms with Crippen LogP contribution in [0.3, 0.4) is 0 Å². The highest BCUT2D eigenvalue weighted by Gasteiger charge is 2.04. The summed E-state index contributed by atoms with van der Waals surface area (Å²) in [4.78, 5) is 11.0. The van der Waals surface area contributed by atoms with Crippen LogP contribution >= 0.6 is 0 Å². The van der Waals surface area contributed by atoms with Crippen LogP contribution < -0.4 is 10.5 Å². The van der Waals surface area contributed by atoms with Gasteiger partial charge in [-0.2, -0.15) is 0 Å². The molecule has 0 fully saturated rings. The van der Waals surface area contributed by atoms with Crippen molar-refractivity contribution in [2.24, 2.45) is 5.73 Å². The number of primary amides is 1. The molecular formula is C17H19NO2. The van der Waals surface area contributed by atoms with E-state index in [2.05, 4.69) is 25.1 Å². The molecule has 0 bridgehead atoms. The molecule has 0 aliphatic rings. The van der Waals surface area contributed by atoms with Gasteiger partial charge in [-0.25, -0.2) is 0 Å². The van der Waals surface area contributed by atoms with Crippen molar-refractivity contribution in [1.29, 1.82) is 0 Å². The molecular weight excluding hydrogens is 250 g/mol. The first kappa shape index (κ1) is 14.1. The summed E-state index contributed by atoms with van der Waals surface area (Å²) < 4.78 is 5.88. The highest BCUT2D eigenvalue weighted by atomic mass is 16.5. The Morgan fingerprint density at radius 2 is 1.85 bits per heavy atom. The van der Waals surface area contributed by atoms with Crippen molar-refractivity contribution in [3.8, 4) is 5.75 Å². The number of carbonyl (C=O) groups excluding carboxylic acids is 1. The normalized spacial score (nSPS) is 10.3. The SMILES string of the molecule is CCc1ccc(C)cc1OCc1ccc(C(N)=O)cc1. The monoisotopic (exact) mass is 269 g/mol. The van der Waals surface area contributed by atoms with Gasteiger partial charge in [-0.15, -0.1) is 0 Å². The van der Waals surface area contributed by atoms with Crippen molar-refractivity contribution in [2.75, 3.05) is 0 Å². The van der Waals surface area contributed by atoms with Crippen molar-refractivity contribution in [3.63, 3.8) is 0 Å². The lowest BCUT2D eigenvalue weighted by Crippen LogP contribution is -2.10. The molecule has 0 radical (unpaired) electrons. The van der Waals surface area contributed by atoms with Gasteiger partial charge in [0, 0.05) is 5.56 Å². The third kappa shape index (κ3) is 3.38. The Balaban J connectivity index is 2.08. The Hall–Kier alpha value is -2.29. The first-order chi connectivity index (χ1) is 9.60. The minimum Gasteiger partial charge on any atom is -0.489 e. The number of amides is 1. The number of hydrogen-bond donors (Lipinski definition) is 1. The van der Waals surface area contributed by atoms with Crippen LogP contribution in [0, 0.1) is 6.92 Å². The lowest BCUT2D eigenvalue weighted by Gasteiger charge is -2.11. The molecule has 2 N–H and O–H groups in total. The minimum atomic E-state index is -0.413. The van der Waals surface area contributed by atoms with Gasteiger partial charge in [0.25, 0.3) is 0 Å². The third-order valence-corrected chi connectivity index (χ3v) is 3.24. The summed E-state index contributed by atoms with van der Waals surface area (Å²) in [5.74, 6) is 0.510. The van der Waals surface area contributed by atoms with E-state index in [-0.39, 0.29) is 0 Å². The van der Waals surface area contributed by atoms with Crippen molar-refractivity contribution < 1.29 is 9.53 Å². The van der Waals surface area contributed by atoms with Crippen LogP contribution in [0.25, 0.3) is 0 Å². The maximum atomic E-state index is 11.0. The fourth-order valence-electron chi connectivity index (χ4n) is 2.01. The summed E-state index contributed by atoms with van der Waals surface area (Å²) in [6.45, 7) is 4.64. The zero-order valence-electron chi connectivity index (χ0n) is 11.8. The molecule has 0 atom stereocenters. The Bertz CT molecular complexity index is 603. The van der Waals surface area contributed by atoms with Gasteiger partial charge in [0.1, 0.15) is 12.4 Å². The van der Waals surface area contributed by atoms with E-state index in [1.165, 1.54) is 11.1 Å². The van der Waals surface area contributed by atoms with Crippen LogP contribution in [0.1, 0.15) is 34.0 Å². The molecule has 3 heteroatoms. The second kappa shape index (κ2) is 6.24. The number of hydrogen-bond acceptors (Lipinski definition) is 2. The lowest BCUT2D eigenvalue weighted by atomic mass is 10.1. The Morgan fingerprint density at radius 1 is 1.15 bits per heavy atom. The highest BCUT2D eigenvalue weighted by Crippen LogP contribution is 2.22. The van der Waals surface area contributed by atoms with Gasteiger partial charge in [-0.1, -0.05) is 31.2 Å². The van der Waals surface area contributed by atoms with E-state index in [0.29, 0.717) is 12.2 Å². The number of rotatable bonds is 5. The average molecular weight is 269 g/mol. The largest absolute Gasteiger partial charge is 0.489 e. The molecule has 20 heavy (non-hydrogen) atoms. The minimum absolute atomic E-state index is 0.413. The molecule has 0 saturated heterocycles. The van der Waals surface area contributed by atoms with Gasteiger partial charge in [-0.05, 0) is 48.2 Å². The van der Waals surface area contributed by atoms with Crippen LogP contribution in [-0.2, 0) is 13.0 Å². The van der Waals surface area contributed by atoms with Gasteiger partial charge in [0.05, 0.1) is 0 Å². The second-order valence-corrected chi connectivity index (χ2v) is 4.81. The molecule has 1 amide bonds. The summed E-state index contributed by atoms with van der Waals surface area (Å²) in [5, 5.41) is 0. The summed E-state index contributed by atoms with van der Waals surface area (Å²) in [6, 6.07) is 13.4. The molecule has 0 unspecified atom stereocenters. The molecule has 104 valence electrons. The van der Waals surface area contributed by atoms with Gasteiger partial charge in [0.15, 0.2) is 0 Å². The lowest BCUT2D eigenvalue weighted by molar-refractivity contribution is 0.1000. The molecule has 3 nitrogen and oxygen atoms in total. The third-order valence-electron chi connectivity index (χ3n) is 3.24. The summed E-state index contributed by atoms with van der Waals surface area (Å²) >= 11 is 0. The fourth-order valence-corrected chi connectivity index (χ4v) is 2.01. The molecule has 2 aromatic rings. The van der Waals surface area contributed by atoms with E-state index in [4.69, 9.17) is 10.5 Å². The number of ether oxygens (including phenoxy) is 1. The Kier molecular flexibility index (Phi) is 4.41. The predicted molar refractivity (Wildman–Crippen MR) is 79.8 cm³/mol. The van der Waals surface area contributed by atoms with Gasteiger partial charge in [0.2, 0.25) is 5.91 Å². The number of aryl methyl sites for hydroxylation is 2. The molecule has 0 aliphatic heterocycles. The van der Waals surface area contributed by atoms with Gasteiger partial charge >= 0.3 is 0 Å². The van der Waals surface area contributed by atoms with E-state index in [9.17, 15) is 4.79 Å². The standard InChI is InChI=1S/C17H19NO2/c1-3-14-7-4-12(2)10-16(14)20-11-13-5-8-15(9-6-13)17(18)19/h4-10H,3,11H2,1-2H3,(H2,18,19). The van der Waals surface area contributed by atoms with E-state index < -0.39 is 5.91 Å². The Morgan fingerprint density at radius 3 is 2.45 bits per heavy atom. The number of nitrogens with two attached hydrogens (primary N) is 1. The molecule has 2 rings (SSSR count). The average Bonchev–Trinajstić information content (AvgIpc) is 2.45. The molecule has 2 aromatic carbocycles. The van der Waals surface area contributed by atoms with Crippen LogP contribution in [0.15, 0.2) is 42.5 Å². The van der Waals surface area contributed by atoms with Crippen molar-refractivity contribution in [3.05, 3.63) is 64.7 Å². The van der Waals surface area contributed by atoms with E-state index in [1.807, 2.05) is 19.1 Å². The smallest absolute Gasteiger partial charge is 0.248 e. The van der Waals surface area contributed by atoms with Crippen molar-refractivity contribution in [1.82, 2.24) is 0 Å². The zero-order valence-corrected chi connectivity index (χ0v) is 11.8. The molecule has 0 aliphatic carbocycles. The molecule has 0 saturated carbocycles. The quantitative estimate of drug-likeness (QED) is 0.906. The topological polar surface area (TPSA) is 52.3 Å². The maximum absolute atomic E-state index is 11.0. The van der Waals surface area contributed by atoms with E-state index in [0.717, 1.165) is 17.7 Å². The molecule has 0 aromatic heterocycles. The molecule has 0 spiro atoms. The molecule has 0 heterocycles. The van der Waals surface area contributed by atoms with Crippen LogP contribution in [0.5, 0.6) is 5.75 Å². The first-order valence-corrected chi connectivity index (χ1v) is 6.71. The van der Waals surface area contributed by atoms with Gasteiger partial charge in [-0.3, -0.25) is 4.79 Å². The summed E-state index contributed by atoms with van der Waals surface area (Å²) in [5.41, 5.74) is 9.12. The number of benzene rings is 2.